The molecule has 4 rings (SSSR count). The Morgan fingerprint density at radius 1 is 0.628 bits per heavy atom. The number of rotatable bonds is 0. The SMILES string of the molecule is CC.CC.CC.CC.CC.CCC.Cc1cc2nc(c1)C[N-][C@@H]1CCCC[C@H]1[N-]CC[N-]C1CCCCC1[N-]C2.[Cl][Mn][Cl].[HH].[HH].[HH]. The van der Waals surface area contributed by atoms with Gasteiger partial charge in [0.15, 0.2) is 0 Å². The molecule has 1 aliphatic heterocycles. The van der Waals surface area contributed by atoms with Gasteiger partial charge >= 0.3 is 33.3 Å². The molecule has 4 atom stereocenters. The first-order chi connectivity index (χ1) is 21.1. The van der Waals surface area contributed by atoms with Crippen LogP contribution in [0.3, 0.4) is 0 Å². The molecule has 43 heavy (non-hydrogen) atoms. The molecule has 8 heteroatoms. The van der Waals surface area contributed by atoms with Gasteiger partial charge in [-0.05, 0) is 24.6 Å². The first-order valence-corrected chi connectivity index (χ1v) is 20.9. The molecule has 5 nitrogen and oxygen atoms in total. The molecule has 0 aromatic carbocycles. The summed E-state index contributed by atoms with van der Waals surface area (Å²) in [5, 5.41) is 20.1. The monoisotopic (exact) mass is 692 g/mol. The van der Waals surface area contributed by atoms with Crippen LogP contribution in [0.4, 0.5) is 0 Å². The van der Waals surface area contributed by atoms with Crippen LogP contribution >= 0.6 is 20.2 Å². The van der Waals surface area contributed by atoms with Gasteiger partial charge < -0.3 is 21.3 Å². The molecule has 1 aromatic rings. The van der Waals surface area contributed by atoms with Crippen LogP contribution in [0.1, 0.15) is 162 Å². The van der Waals surface area contributed by atoms with Crippen LogP contribution in [0.5, 0.6) is 0 Å². The van der Waals surface area contributed by atoms with Crippen molar-refractivity contribution < 1.29 is 17.4 Å². The van der Waals surface area contributed by atoms with E-state index in [1.165, 1.54) is 63.4 Å². The molecule has 0 amide bonds. The standard InChI is InChI=1S/C22H33N5.C3H8.5C2H6.2ClH.Mn.3H2/c1-16-12-17-14-25-21-8-4-2-6-19(21)23-10-11-24-20-7-3-5-9-22(20)26-15-18(13-16)27-17;1-3-2;5*1-2;;;;;;/h12-13,19-22H,2-11,14-15H2,1H3;3H2,1-2H3;5*1-2H3;2*1H;;3*1H/q-4;;;;;;;;;+2;;;/p-2/t19-,20?,21-,22?;;;;;;;;;;;;/m1............/s1. The predicted molar refractivity (Wildman–Crippen MR) is 202 cm³/mol. The van der Waals surface area contributed by atoms with Gasteiger partial charge in [-0.25, -0.2) is 0 Å². The van der Waals surface area contributed by atoms with Gasteiger partial charge in [0.05, 0.1) is 0 Å². The van der Waals surface area contributed by atoms with Crippen molar-refractivity contribution in [3.05, 3.63) is 50.4 Å². The van der Waals surface area contributed by atoms with E-state index < -0.39 is 0 Å². The first kappa shape index (κ1) is 50.0. The summed E-state index contributed by atoms with van der Waals surface area (Å²) in [7, 11) is 9.59. The zero-order valence-corrected chi connectivity index (χ0v) is 33.2. The van der Waals surface area contributed by atoms with Gasteiger partial charge in [0.1, 0.15) is 0 Å². The summed E-state index contributed by atoms with van der Waals surface area (Å²) in [6.45, 7) is 29.5. The van der Waals surface area contributed by atoms with Gasteiger partial charge in [-0.15, -0.1) is 13.1 Å². The van der Waals surface area contributed by atoms with E-state index in [0.29, 0.717) is 37.3 Å². The number of aromatic nitrogens is 1. The fourth-order valence-corrected chi connectivity index (χ4v) is 4.88. The average molecular weight is 694 g/mol. The van der Waals surface area contributed by atoms with E-state index in [4.69, 9.17) is 46.4 Å². The Balaban J connectivity index is -0.000000139. The summed E-state index contributed by atoms with van der Waals surface area (Å²) in [5.74, 6) is 0. The number of halogens is 2. The molecule has 3 aliphatic rings. The van der Waals surface area contributed by atoms with Crippen LogP contribution in [0.2, 0.25) is 0 Å². The quantitative estimate of drug-likeness (QED) is 0.249. The Morgan fingerprint density at radius 3 is 1.16 bits per heavy atom. The summed E-state index contributed by atoms with van der Waals surface area (Å²) in [4.78, 5) is 4.87. The minimum Gasteiger partial charge on any atom is 0 e. The molecule has 1 aromatic heterocycles. The number of hydrogen-bond acceptors (Lipinski definition) is 1. The minimum atomic E-state index is 0. The van der Waals surface area contributed by atoms with Crippen LogP contribution in [0, 0.1) is 6.92 Å². The Kier molecular flexibility index (Phi) is 46.6. The molecule has 2 heterocycles. The van der Waals surface area contributed by atoms with Gasteiger partial charge in [-0.1, -0.05) is 141 Å². The van der Waals surface area contributed by atoms with Gasteiger partial charge in [-0.3, -0.25) is 4.98 Å². The van der Waals surface area contributed by atoms with Crippen molar-refractivity contribution in [1.29, 1.82) is 0 Å². The van der Waals surface area contributed by atoms with Crippen molar-refractivity contribution in [3.8, 4) is 0 Å². The fraction of sp³-hybridized carbons (Fsp3) is 0.857. The second kappa shape index (κ2) is 40.1. The molecule has 0 saturated heterocycles. The molecule has 0 radical (unpaired) electrons. The van der Waals surface area contributed by atoms with E-state index >= 15 is 0 Å². The molecule has 267 valence electrons. The Labute approximate surface area is 290 Å². The molecule has 0 N–H and O–H groups in total. The fourth-order valence-electron chi connectivity index (χ4n) is 4.88. The maximum atomic E-state index is 5.03. The van der Waals surface area contributed by atoms with Crippen molar-refractivity contribution in [2.75, 3.05) is 13.1 Å². The second-order valence-corrected chi connectivity index (χ2v) is 11.2. The Morgan fingerprint density at radius 2 is 0.884 bits per heavy atom. The van der Waals surface area contributed by atoms with Gasteiger partial charge in [0.2, 0.25) is 0 Å². The Bertz CT molecular complexity index is 620. The predicted octanol–water partition coefficient (Wildman–Crippen LogP) is 14.2. The van der Waals surface area contributed by atoms with Gasteiger partial charge in [-0.2, -0.15) is 37.3 Å². The zero-order chi connectivity index (χ0) is 33.9. The van der Waals surface area contributed by atoms with Crippen LogP contribution in [0.25, 0.3) is 21.3 Å². The average Bonchev–Trinajstić information content (AvgIpc) is 3.07. The second-order valence-electron chi connectivity index (χ2n) is 9.22. The Hall–Kier alpha value is 0.0895. The van der Waals surface area contributed by atoms with E-state index in [1.807, 2.05) is 69.2 Å². The van der Waals surface area contributed by atoms with E-state index in [0.717, 1.165) is 24.5 Å². The molecule has 2 bridgehead atoms. The van der Waals surface area contributed by atoms with Gasteiger partial charge in [0.25, 0.3) is 0 Å². The first-order valence-electron chi connectivity index (χ1n) is 17.6. The normalized spacial score (nSPS) is 22.4. The van der Waals surface area contributed by atoms with Crippen molar-refractivity contribution in [2.45, 2.75) is 185 Å². The number of nitrogens with zero attached hydrogens (tertiary/aromatic N) is 5. The molecule has 2 aliphatic carbocycles. The third-order valence-corrected chi connectivity index (χ3v) is 6.27. The summed E-state index contributed by atoms with van der Waals surface area (Å²) < 4.78 is 0. The molecule has 0 spiro atoms. The number of hydrogen-bond donors (Lipinski definition) is 0. The van der Waals surface area contributed by atoms with E-state index in [1.54, 1.807) is 0 Å². The van der Waals surface area contributed by atoms with E-state index in [-0.39, 0.29) is 17.4 Å². The minimum absolute atomic E-state index is 0. The largest absolute Gasteiger partial charge is 0 e. The topological polar surface area (TPSA) is 69.3 Å². The van der Waals surface area contributed by atoms with Crippen LogP contribution < -0.4 is 0 Å². The molecule has 2 fully saturated rings. The third kappa shape index (κ3) is 25.9. The van der Waals surface area contributed by atoms with Crippen molar-refractivity contribution in [2.24, 2.45) is 0 Å². The summed E-state index contributed by atoms with van der Waals surface area (Å²) >= 11 is 0.00694. The molecular weight excluding hydrogens is 616 g/mol. The maximum absolute atomic E-state index is 5.03. The summed E-state index contributed by atoms with van der Waals surface area (Å²) in [6.07, 6.45) is 11.1. The smallest absolute Gasteiger partial charge is 0 e. The molecule has 2 saturated carbocycles. The van der Waals surface area contributed by atoms with Crippen LogP contribution in [-0.4, -0.2) is 42.2 Å². The third-order valence-electron chi connectivity index (χ3n) is 6.27. The number of aryl methyl sites for hydroxylation is 1. The molecule has 2 unspecified atom stereocenters. The van der Waals surface area contributed by atoms with Crippen molar-refractivity contribution >= 4 is 20.2 Å². The maximum Gasteiger partial charge on any atom is 0 e. The zero-order valence-electron chi connectivity index (χ0n) is 30.5. The van der Waals surface area contributed by atoms with Crippen LogP contribution in [-0.2, 0) is 26.2 Å². The molecular formula is C35H77Cl2MnN5-4. The van der Waals surface area contributed by atoms with Gasteiger partial charge in [0, 0.05) is 15.7 Å². The van der Waals surface area contributed by atoms with Crippen molar-refractivity contribution in [1.82, 2.24) is 4.98 Å². The summed E-state index contributed by atoms with van der Waals surface area (Å²) in [6, 6.07) is 5.85. The van der Waals surface area contributed by atoms with E-state index in [2.05, 4.69) is 32.9 Å². The number of pyridine rings is 1. The summed E-state index contributed by atoms with van der Waals surface area (Å²) in [5.41, 5.74) is 3.44. The van der Waals surface area contributed by atoms with Crippen LogP contribution in [0.15, 0.2) is 12.1 Å². The van der Waals surface area contributed by atoms with E-state index in [9.17, 15) is 0 Å². The van der Waals surface area contributed by atoms with Crippen molar-refractivity contribution in [3.63, 3.8) is 0 Å². The number of fused-ring (bicyclic) bond motifs is 4.